The molecular formula is C10H15N3O. The summed E-state index contributed by atoms with van der Waals surface area (Å²) >= 11 is 0. The van der Waals surface area contributed by atoms with E-state index in [1.165, 1.54) is 0 Å². The fraction of sp³-hybridized carbons (Fsp3) is 0.500. The van der Waals surface area contributed by atoms with Crippen LogP contribution in [0.15, 0.2) is 18.5 Å². The number of nitrogen functional groups attached to an aromatic ring is 1. The summed E-state index contributed by atoms with van der Waals surface area (Å²) in [5.41, 5.74) is 7.32. The molecule has 1 saturated heterocycles. The Morgan fingerprint density at radius 3 is 3.07 bits per heavy atom. The van der Waals surface area contributed by atoms with Gasteiger partial charge in [0.25, 0.3) is 0 Å². The highest BCUT2D eigenvalue weighted by molar-refractivity contribution is 5.53. The van der Waals surface area contributed by atoms with Gasteiger partial charge in [-0.25, -0.2) is 0 Å². The molecule has 0 radical (unpaired) electrons. The fourth-order valence-corrected chi connectivity index (χ4v) is 1.81. The van der Waals surface area contributed by atoms with Crippen LogP contribution in [0, 0.1) is 0 Å². The zero-order valence-electron chi connectivity index (χ0n) is 8.06. The average molecular weight is 193 g/mol. The van der Waals surface area contributed by atoms with Gasteiger partial charge in [0, 0.05) is 19.3 Å². The molecule has 1 atom stereocenters. The van der Waals surface area contributed by atoms with Crippen molar-refractivity contribution in [3.63, 3.8) is 0 Å². The van der Waals surface area contributed by atoms with Crippen LogP contribution in [0.4, 0.5) is 11.4 Å². The molecule has 4 nitrogen and oxygen atoms in total. The molecule has 1 aliphatic heterocycles. The molecule has 0 aliphatic carbocycles. The number of aliphatic hydroxyl groups excluding tert-OH is 1. The van der Waals surface area contributed by atoms with Crippen LogP contribution < -0.4 is 10.6 Å². The number of anilines is 2. The predicted octanol–water partition coefficient (Wildman–Crippen LogP) is 0.625. The summed E-state index contributed by atoms with van der Waals surface area (Å²) in [7, 11) is 0. The molecular weight excluding hydrogens is 178 g/mol. The number of nitrogens with two attached hydrogens (primary N) is 1. The minimum atomic E-state index is -0.217. The third-order valence-electron chi connectivity index (χ3n) is 2.51. The van der Waals surface area contributed by atoms with Gasteiger partial charge < -0.3 is 15.7 Å². The molecule has 0 saturated carbocycles. The maximum atomic E-state index is 9.52. The summed E-state index contributed by atoms with van der Waals surface area (Å²) in [4.78, 5) is 6.16. The van der Waals surface area contributed by atoms with Crippen molar-refractivity contribution in [2.45, 2.75) is 18.9 Å². The number of β-amino-alcohol motifs (C(OH)–C–C–N with tert-alkyl or cyclic N) is 1. The van der Waals surface area contributed by atoms with Crippen molar-refractivity contribution < 1.29 is 5.11 Å². The van der Waals surface area contributed by atoms with Gasteiger partial charge in [0.15, 0.2) is 0 Å². The lowest BCUT2D eigenvalue weighted by atomic mass is 10.1. The SMILES string of the molecule is Nc1cncc(N2CCC[C@H](O)C2)c1. The molecule has 2 rings (SSSR count). The van der Waals surface area contributed by atoms with Gasteiger partial charge in [-0.05, 0) is 18.9 Å². The molecule has 3 N–H and O–H groups in total. The highest BCUT2D eigenvalue weighted by Crippen LogP contribution is 2.20. The van der Waals surface area contributed by atoms with Crippen molar-refractivity contribution in [1.82, 2.24) is 4.98 Å². The first-order chi connectivity index (χ1) is 6.75. The standard InChI is InChI=1S/C10H15N3O/c11-8-4-9(6-12-5-8)13-3-1-2-10(14)7-13/h4-6,10,14H,1-3,7,11H2/t10-/m0/s1. The number of hydrogen-bond acceptors (Lipinski definition) is 4. The monoisotopic (exact) mass is 193 g/mol. The normalized spacial score (nSPS) is 22.4. The lowest BCUT2D eigenvalue weighted by Gasteiger charge is -2.31. The molecule has 2 heterocycles. The molecule has 1 aromatic rings. The van der Waals surface area contributed by atoms with E-state index in [-0.39, 0.29) is 6.10 Å². The molecule has 0 unspecified atom stereocenters. The molecule has 0 amide bonds. The molecule has 1 fully saturated rings. The van der Waals surface area contributed by atoms with Gasteiger partial charge >= 0.3 is 0 Å². The number of pyridine rings is 1. The van der Waals surface area contributed by atoms with Crippen LogP contribution in [0.2, 0.25) is 0 Å². The second-order valence-corrected chi connectivity index (χ2v) is 3.72. The largest absolute Gasteiger partial charge is 0.397 e. The van der Waals surface area contributed by atoms with Gasteiger partial charge in [0.2, 0.25) is 0 Å². The third-order valence-corrected chi connectivity index (χ3v) is 2.51. The molecule has 0 bridgehead atoms. The van der Waals surface area contributed by atoms with E-state index in [1.807, 2.05) is 6.07 Å². The number of aromatic nitrogens is 1. The van der Waals surface area contributed by atoms with Gasteiger partial charge in [-0.3, -0.25) is 4.98 Å². The molecule has 4 heteroatoms. The third kappa shape index (κ3) is 1.96. The second-order valence-electron chi connectivity index (χ2n) is 3.72. The summed E-state index contributed by atoms with van der Waals surface area (Å²) in [6.45, 7) is 1.66. The maximum Gasteiger partial charge on any atom is 0.0715 e. The summed E-state index contributed by atoms with van der Waals surface area (Å²) in [6, 6.07) is 1.89. The van der Waals surface area contributed by atoms with Crippen LogP contribution in [0.5, 0.6) is 0 Å². The van der Waals surface area contributed by atoms with Crippen LogP contribution in [-0.4, -0.2) is 29.3 Å². The van der Waals surface area contributed by atoms with E-state index in [4.69, 9.17) is 5.73 Å². The average Bonchev–Trinajstić information content (AvgIpc) is 2.18. The molecule has 0 aromatic carbocycles. The first-order valence-corrected chi connectivity index (χ1v) is 4.89. The zero-order chi connectivity index (χ0) is 9.97. The van der Waals surface area contributed by atoms with Crippen LogP contribution in [0.3, 0.4) is 0 Å². The number of nitrogens with zero attached hydrogens (tertiary/aromatic N) is 2. The van der Waals surface area contributed by atoms with Crippen molar-refractivity contribution in [1.29, 1.82) is 0 Å². The van der Waals surface area contributed by atoms with Crippen molar-refractivity contribution in [2.75, 3.05) is 23.7 Å². The Hall–Kier alpha value is -1.29. The second kappa shape index (κ2) is 3.84. The maximum absolute atomic E-state index is 9.52. The van der Waals surface area contributed by atoms with E-state index in [9.17, 15) is 5.11 Å². The molecule has 0 spiro atoms. The lowest BCUT2D eigenvalue weighted by Crippen LogP contribution is -2.38. The van der Waals surface area contributed by atoms with Crippen LogP contribution in [-0.2, 0) is 0 Å². The highest BCUT2D eigenvalue weighted by atomic mass is 16.3. The molecule has 1 aromatic heterocycles. The Labute approximate surface area is 83.4 Å². The van der Waals surface area contributed by atoms with Crippen LogP contribution in [0.1, 0.15) is 12.8 Å². The molecule has 14 heavy (non-hydrogen) atoms. The Bertz CT molecular complexity index is 316. The Morgan fingerprint density at radius 2 is 2.36 bits per heavy atom. The van der Waals surface area contributed by atoms with E-state index in [0.717, 1.165) is 25.1 Å². The fourth-order valence-electron chi connectivity index (χ4n) is 1.81. The van der Waals surface area contributed by atoms with E-state index >= 15 is 0 Å². The first kappa shape index (κ1) is 9.27. The van der Waals surface area contributed by atoms with Gasteiger partial charge in [-0.15, -0.1) is 0 Å². The minimum Gasteiger partial charge on any atom is -0.397 e. The Kier molecular flexibility index (Phi) is 2.54. The topological polar surface area (TPSA) is 62.4 Å². The van der Waals surface area contributed by atoms with Gasteiger partial charge in [0.1, 0.15) is 0 Å². The van der Waals surface area contributed by atoms with Crippen molar-refractivity contribution >= 4 is 11.4 Å². The molecule has 76 valence electrons. The smallest absolute Gasteiger partial charge is 0.0715 e. The number of rotatable bonds is 1. The van der Waals surface area contributed by atoms with Gasteiger partial charge in [-0.2, -0.15) is 0 Å². The van der Waals surface area contributed by atoms with Gasteiger partial charge in [0.05, 0.1) is 23.7 Å². The van der Waals surface area contributed by atoms with E-state index < -0.39 is 0 Å². The van der Waals surface area contributed by atoms with Crippen LogP contribution >= 0.6 is 0 Å². The Balaban J connectivity index is 2.14. The van der Waals surface area contributed by atoms with Crippen LogP contribution in [0.25, 0.3) is 0 Å². The zero-order valence-corrected chi connectivity index (χ0v) is 8.06. The van der Waals surface area contributed by atoms with Crippen molar-refractivity contribution in [3.05, 3.63) is 18.5 Å². The number of aliphatic hydroxyl groups is 1. The summed E-state index contributed by atoms with van der Waals surface area (Å²) in [5, 5.41) is 9.52. The predicted molar refractivity (Wildman–Crippen MR) is 56.1 cm³/mol. The number of hydrogen-bond donors (Lipinski definition) is 2. The van der Waals surface area contributed by atoms with E-state index in [0.29, 0.717) is 12.2 Å². The van der Waals surface area contributed by atoms with Crippen molar-refractivity contribution in [2.24, 2.45) is 0 Å². The lowest BCUT2D eigenvalue weighted by molar-refractivity contribution is 0.154. The minimum absolute atomic E-state index is 0.217. The quantitative estimate of drug-likeness (QED) is 0.686. The van der Waals surface area contributed by atoms with Crippen molar-refractivity contribution in [3.8, 4) is 0 Å². The number of piperidine rings is 1. The summed E-state index contributed by atoms with van der Waals surface area (Å²) in [5.74, 6) is 0. The summed E-state index contributed by atoms with van der Waals surface area (Å²) in [6.07, 6.45) is 5.12. The highest BCUT2D eigenvalue weighted by Gasteiger charge is 2.17. The van der Waals surface area contributed by atoms with Gasteiger partial charge in [-0.1, -0.05) is 0 Å². The molecule has 1 aliphatic rings. The van der Waals surface area contributed by atoms with E-state index in [2.05, 4.69) is 9.88 Å². The van der Waals surface area contributed by atoms with E-state index in [1.54, 1.807) is 12.4 Å². The Morgan fingerprint density at radius 1 is 1.50 bits per heavy atom. The first-order valence-electron chi connectivity index (χ1n) is 4.89. The summed E-state index contributed by atoms with van der Waals surface area (Å²) < 4.78 is 0.